The summed E-state index contributed by atoms with van der Waals surface area (Å²) in [6.45, 7) is 5.01. The largest absolute Gasteiger partial charge is 0.409 e. The highest BCUT2D eigenvalue weighted by Crippen LogP contribution is 2.23. The topological polar surface area (TPSA) is 78.9 Å². The van der Waals surface area contributed by atoms with Gasteiger partial charge >= 0.3 is 0 Å². The van der Waals surface area contributed by atoms with E-state index in [2.05, 4.69) is 21.1 Å². The first-order valence-corrected chi connectivity index (χ1v) is 7.73. The van der Waals surface area contributed by atoms with Gasteiger partial charge in [-0.1, -0.05) is 30.6 Å². The summed E-state index contributed by atoms with van der Waals surface area (Å²) in [7, 11) is 0. The lowest BCUT2D eigenvalue weighted by molar-refractivity contribution is 0.0739. The third kappa shape index (κ3) is 5.55. The van der Waals surface area contributed by atoms with E-state index in [4.69, 9.17) is 22.5 Å². The normalized spacial score (nSPS) is 11.8. The first kappa shape index (κ1) is 17.8. The van der Waals surface area contributed by atoms with E-state index < -0.39 is 0 Å². The molecule has 0 saturated carbocycles. The van der Waals surface area contributed by atoms with Gasteiger partial charge in [0.15, 0.2) is 0 Å². The first-order chi connectivity index (χ1) is 9.85. The number of oxime groups is 1. The number of hydrogen-bond donors (Lipinski definition) is 2. The van der Waals surface area contributed by atoms with Crippen LogP contribution < -0.4 is 5.73 Å². The number of nitrogens with two attached hydrogens (primary N) is 1. The van der Waals surface area contributed by atoms with Crippen LogP contribution in [-0.4, -0.2) is 34.9 Å². The lowest BCUT2D eigenvalue weighted by atomic mass is 10.1. The quantitative estimate of drug-likeness (QED) is 0.346. The predicted molar refractivity (Wildman–Crippen MR) is 87.9 cm³/mol. The van der Waals surface area contributed by atoms with Crippen molar-refractivity contribution in [3.05, 3.63) is 33.3 Å². The second-order valence-corrected chi connectivity index (χ2v) is 6.40. The average molecular weight is 377 g/mol. The average Bonchev–Trinajstić information content (AvgIpc) is 2.44. The Labute approximate surface area is 137 Å². The second kappa shape index (κ2) is 8.24. The minimum Gasteiger partial charge on any atom is -0.409 e. The fourth-order valence-electron chi connectivity index (χ4n) is 1.85. The molecule has 0 bridgehead atoms. The third-order valence-electron chi connectivity index (χ3n) is 2.80. The van der Waals surface area contributed by atoms with Gasteiger partial charge in [-0.25, -0.2) is 0 Å². The van der Waals surface area contributed by atoms with Gasteiger partial charge in [0.05, 0.1) is 5.56 Å². The fourth-order valence-corrected chi connectivity index (χ4v) is 2.44. The molecule has 7 heteroatoms. The van der Waals surface area contributed by atoms with Crippen molar-refractivity contribution in [2.75, 3.05) is 13.1 Å². The highest BCUT2D eigenvalue weighted by Gasteiger charge is 2.19. The molecule has 0 saturated heterocycles. The van der Waals surface area contributed by atoms with Gasteiger partial charge in [0, 0.05) is 29.0 Å². The summed E-state index contributed by atoms with van der Waals surface area (Å²) in [5.74, 6) is 0.268. The molecule has 0 aliphatic heterocycles. The standard InChI is InChI=1S/C14H19BrClN3O2/c1-9(2)8-19(6-5-13(17)18-21)14(20)11-7-10(16)3-4-12(11)15/h3-4,7,9,21H,5-6,8H2,1-2H3,(H2,17,18). The number of carbonyl (C=O) groups excluding carboxylic acids is 1. The molecule has 5 nitrogen and oxygen atoms in total. The molecule has 116 valence electrons. The summed E-state index contributed by atoms with van der Waals surface area (Å²) < 4.78 is 0.689. The van der Waals surface area contributed by atoms with Gasteiger partial charge in [0.2, 0.25) is 0 Å². The second-order valence-electron chi connectivity index (χ2n) is 5.11. The van der Waals surface area contributed by atoms with Gasteiger partial charge in [-0.2, -0.15) is 0 Å². The maximum absolute atomic E-state index is 12.6. The van der Waals surface area contributed by atoms with Crippen LogP contribution in [0.1, 0.15) is 30.6 Å². The molecule has 0 unspecified atom stereocenters. The van der Waals surface area contributed by atoms with Gasteiger partial charge < -0.3 is 15.8 Å². The number of hydrogen-bond acceptors (Lipinski definition) is 3. The molecule has 0 radical (unpaired) electrons. The Morgan fingerprint density at radius 3 is 2.76 bits per heavy atom. The lowest BCUT2D eigenvalue weighted by Crippen LogP contribution is -2.37. The fraction of sp³-hybridized carbons (Fsp3) is 0.429. The minimum atomic E-state index is -0.135. The molecule has 1 amide bonds. The molecule has 0 fully saturated rings. The number of benzene rings is 1. The molecule has 0 atom stereocenters. The van der Waals surface area contributed by atoms with Crippen molar-refractivity contribution in [2.24, 2.45) is 16.8 Å². The van der Waals surface area contributed by atoms with Crippen LogP contribution in [0.15, 0.2) is 27.8 Å². The van der Waals surface area contributed by atoms with Crippen molar-refractivity contribution in [1.29, 1.82) is 0 Å². The van der Waals surface area contributed by atoms with E-state index in [0.29, 0.717) is 40.5 Å². The molecule has 1 aromatic carbocycles. The van der Waals surface area contributed by atoms with E-state index in [9.17, 15) is 4.79 Å². The Bertz CT molecular complexity index is 535. The maximum Gasteiger partial charge on any atom is 0.255 e. The van der Waals surface area contributed by atoms with Crippen molar-refractivity contribution in [1.82, 2.24) is 4.90 Å². The molecular weight excluding hydrogens is 358 g/mol. The van der Waals surface area contributed by atoms with Crippen LogP contribution in [0, 0.1) is 5.92 Å². The highest BCUT2D eigenvalue weighted by atomic mass is 79.9. The van der Waals surface area contributed by atoms with Crippen LogP contribution >= 0.6 is 27.5 Å². The summed E-state index contributed by atoms with van der Waals surface area (Å²) in [5, 5.41) is 12.0. The van der Waals surface area contributed by atoms with Gasteiger partial charge in [0.1, 0.15) is 5.84 Å². The molecular formula is C14H19BrClN3O2. The van der Waals surface area contributed by atoms with Gasteiger partial charge in [0.25, 0.3) is 5.91 Å². The minimum absolute atomic E-state index is 0.0988. The van der Waals surface area contributed by atoms with Crippen molar-refractivity contribution in [2.45, 2.75) is 20.3 Å². The maximum atomic E-state index is 12.6. The van der Waals surface area contributed by atoms with Gasteiger partial charge in [-0.3, -0.25) is 4.79 Å². The van der Waals surface area contributed by atoms with Crippen LogP contribution in [0.4, 0.5) is 0 Å². The molecule has 3 N–H and O–H groups in total. The summed E-state index contributed by atoms with van der Waals surface area (Å²) in [6.07, 6.45) is 0.313. The Morgan fingerprint density at radius 1 is 1.52 bits per heavy atom. The van der Waals surface area contributed by atoms with Crippen LogP contribution in [0.3, 0.4) is 0 Å². The number of rotatable bonds is 6. The smallest absolute Gasteiger partial charge is 0.255 e. The van der Waals surface area contributed by atoms with Crippen LogP contribution in [0.25, 0.3) is 0 Å². The van der Waals surface area contributed by atoms with E-state index in [0.717, 1.165) is 0 Å². The van der Waals surface area contributed by atoms with Crippen LogP contribution in [-0.2, 0) is 0 Å². The molecule has 1 rings (SSSR count). The molecule has 1 aromatic rings. The van der Waals surface area contributed by atoms with E-state index in [1.54, 1.807) is 23.1 Å². The number of carbonyl (C=O) groups is 1. The van der Waals surface area contributed by atoms with E-state index in [-0.39, 0.29) is 11.7 Å². The number of amidine groups is 1. The van der Waals surface area contributed by atoms with E-state index in [1.165, 1.54) is 0 Å². The molecule has 0 spiro atoms. The summed E-state index contributed by atoms with van der Waals surface area (Å²) in [5.41, 5.74) is 5.98. The summed E-state index contributed by atoms with van der Waals surface area (Å²) >= 11 is 9.32. The Balaban J connectivity index is 2.96. The van der Waals surface area contributed by atoms with E-state index in [1.807, 2.05) is 13.8 Å². The third-order valence-corrected chi connectivity index (χ3v) is 3.72. The molecule has 0 aromatic heterocycles. The molecule has 0 heterocycles. The first-order valence-electron chi connectivity index (χ1n) is 6.55. The SMILES string of the molecule is CC(C)CN(CC/C(N)=N/O)C(=O)c1cc(Cl)ccc1Br. The summed E-state index contributed by atoms with van der Waals surface area (Å²) in [6, 6.07) is 5.09. The molecule has 0 aliphatic carbocycles. The van der Waals surface area contributed by atoms with Crippen molar-refractivity contribution in [3.63, 3.8) is 0 Å². The van der Waals surface area contributed by atoms with Gasteiger partial charge in [-0.15, -0.1) is 0 Å². The Morgan fingerprint density at radius 2 is 2.19 bits per heavy atom. The van der Waals surface area contributed by atoms with Gasteiger partial charge in [-0.05, 0) is 40.0 Å². The lowest BCUT2D eigenvalue weighted by Gasteiger charge is -2.25. The van der Waals surface area contributed by atoms with Crippen LogP contribution in [0.2, 0.25) is 5.02 Å². The molecule has 0 aliphatic rings. The Kier molecular flexibility index (Phi) is 6.98. The molecule has 21 heavy (non-hydrogen) atoms. The highest BCUT2D eigenvalue weighted by molar-refractivity contribution is 9.10. The number of amides is 1. The van der Waals surface area contributed by atoms with Crippen molar-refractivity contribution < 1.29 is 10.0 Å². The van der Waals surface area contributed by atoms with E-state index >= 15 is 0 Å². The monoisotopic (exact) mass is 375 g/mol. The zero-order chi connectivity index (χ0) is 16.0. The zero-order valence-electron chi connectivity index (χ0n) is 12.0. The van der Waals surface area contributed by atoms with Crippen LogP contribution in [0.5, 0.6) is 0 Å². The number of nitrogens with zero attached hydrogens (tertiary/aromatic N) is 2. The van der Waals surface area contributed by atoms with Crippen molar-refractivity contribution in [3.8, 4) is 0 Å². The predicted octanol–water partition coefficient (Wildman–Crippen LogP) is 3.34. The summed E-state index contributed by atoms with van der Waals surface area (Å²) in [4.78, 5) is 14.3. The number of halogens is 2. The zero-order valence-corrected chi connectivity index (χ0v) is 14.4. The Hall–Kier alpha value is -1.27. The van der Waals surface area contributed by atoms with Crippen molar-refractivity contribution >= 4 is 39.3 Å².